The number of carbonyl (C=O) groups is 1. The first-order valence-electron chi connectivity index (χ1n) is 7.62. The number of hydrogen-bond acceptors (Lipinski definition) is 5. The quantitative estimate of drug-likeness (QED) is 0.862. The van der Waals surface area contributed by atoms with E-state index in [4.69, 9.17) is 0 Å². The number of anilines is 1. The molecule has 0 bridgehead atoms. The Balaban J connectivity index is 1.47. The molecule has 0 aliphatic carbocycles. The molecule has 1 amide bonds. The Kier molecular flexibility index (Phi) is 4.68. The Labute approximate surface area is 134 Å². The molecule has 1 N–H and O–H groups in total. The summed E-state index contributed by atoms with van der Waals surface area (Å²) in [5, 5.41) is 5.26. The lowest BCUT2D eigenvalue weighted by atomic mass is 10.0. The highest BCUT2D eigenvalue weighted by atomic mass is 32.1. The summed E-state index contributed by atoms with van der Waals surface area (Å²) in [4.78, 5) is 24.1. The van der Waals surface area contributed by atoms with E-state index in [0.29, 0.717) is 18.9 Å². The van der Waals surface area contributed by atoms with Crippen LogP contribution in [0.4, 0.5) is 5.95 Å². The maximum absolute atomic E-state index is 12.4. The Hall–Kier alpha value is -1.95. The number of hydrogen-bond donors (Lipinski definition) is 1. The summed E-state index contributed by atoms with van der Waals surface area (Å²) in [5.41, 5.74) is 1.32. The minimum absolute atomic E-state index is 0.202. The largest absolute Gasteiger partial charge is 0.354 e. The van der Waals surface area contributed by atoms with E-state index in [0.717, 1.165) is 19.4 Å². The zero-order valence-electron chi connectivity index (χ0n) is 12.7. The van der Waals surface area contributed by atoms with E-state index in [9.17, 15) is 4.79 Å². The van der Waals surface area contributed by atoms with Crippen LogP contribution in [-0.2, 0) is 11.2 Å². The summed E-state index contributed by atoms with van der Waals surface area (Å²) < 4.78 is 0. The van der Waals surface area contributed by atoms with Crippen LogP contribution in [0.2, 0.25) is 0 Å². The molecule has 0 saturated heterocycles. The second-order valence-corrected chi connectivity index (χ2v) is 6.42. The van der Waals surface area contributed by atoms with Crippen LogP contribution in [0.15, 0.2) is 29.9 Å². The second kappa shape index (κ2) is 6.87. The highest BCUT2D eigenvalue weighted by Crippen LogP contribution is 2.33. The van der Waals surface area contributed by atoms with Crippen LogP contribution < -0.4 is 5.32 Å². The Bertz CT molecular complexity index is 628. The van der Waals surface area contributed by atoms with Crippen LogP contribution in [0.25, 0.3) is 0 Å². The van der Waals surface area contributed by atoms with E-state index >= 15 is 0 Å². The predicted molar refractivity (Wildman–Crippen MR) is 87.9 cm³/mol. The van der Waals surface area contributed by atoms with Crippen molar-refractivity contribution in [2.24, 2.45) is 0 Å². The van der Waals surface area contributed by atoms with Crippen LogP contribution in [0.5, 0.6) is 0 Å². The van der Waals surface area contributed by atoms with Crippen molar-refractivity contribution in [3.63, 3.8) is 0 Å². The number of nitrogens with one attached hydrogen (secondary N) is 1. The van der Waals surface area contributed by atoms with Crippen molar-refractivity contribution in [3.05, 3.63) is 40.3 Å². The number of nitrogens with zero attached hydrogens (tertiary/aromatic N) is 3. The van der Waals surface area contributed by atoms with E-state index in [-0.39, 0.29) is 11.9 Å². The van der Waals surface area contributed by atoms with Crippen LogP contribution in [0.1, 0.15) is 36.2 Å². The number of fused-ring (bicyclic) bond motifs is 1. The SMILES string of the molecule is CC1c2ccsc2CCN1C(=O)CCCNc1ncccn1. The number of amides is 1. The zero-order valence-corrected chi connectivity index (χ0v) is 13.5. The van der Waals surface area contributed by atoms with Gasteiger partial charge in [-0.2, -0.15) is 0 Å². The van der Waals surface area contributed by atoms with Gasteiger partial charge in [0.25, 0.3) is 0 Å². The van der Waals surface area contributed by atoms with Gasteiger partial charge in [0.1, 0.15) is 0 Å². The molecule has 116 valence electrons. The molecule has 3 heterocycles. The van der Waals surface area contributed by atoms with E-state index in [1.807, 2.05) is 4.90 Å². The average molecular weight is 316 g/mol. The van der Waals surface area contributed by atoms with Crippen molar-refractivity contribution in [3.8, 4) is 0 Å². The lowest BCUT2D eigenvalue weighted by Gasteiger charge is -2.33. The van der Waals surface area contributed by atoms with Gasteiger partial charge in [-0.3, -0.25) is 4.79 Å². The highest BCUT2D eigenvalue weighted by Gasteiger charge is 2.27. The third kappa shape index (κ3) is 3.27. The van der Waals surface area contributed by atoms with Crippen molar-refractivity contribution in [1.29, 1.82) is 0 Å². The number of rotatable bonds is 5. The molecule has 1 atom stereocenters. The smallest absolute Gasteiger partial charge is 0.223 e. The van der Waals surface area contributed by atoms with Gasteiger partial charge in [-0.05, 0) is 42.8 Å². The average Bonchev–Trinajstić information content (AvgIpc) is 3.02. The van der Waals surface area contributed by atoms with Crippen LogP contribution >= 0.6 is 11.3 Å². The second-order valence-electron chi connectivity index (χ2n) is 5.41. The van der Waals surface area contributed by atoms with Crippen LogP contribution in [0.3, 0.4) is 0 Å². The molecule has 1 unspecified atom stereocenters. The molecule has 0 radical (unpaired) electrons. The molecule has 5 nitrogen and oxygen atoms in total. The number of thiophene rings is 1. The fourth-order valence-corrected chi connectivity index (χ4v) is 3.79. The maximum atomic E-state index is 12.4. The minimum Gasteiger partial charge on any atom is -0.354 e. The molecule has 2 aromatic heterocycles. The third-order valence-electron chi connectivity index (χ3n) is 4.01. The van der Waals surface area contributed by atoms with Gasteiger partial charge in [0.05, 0.1) is 6.04 Å². The summed E-state index contributed by atoms with van der Waals surface area (Å²) in [6.07, 6.45) is 5.74. The Morgan fingerprint density at radius 2 is 2.27 bits per heavy atom. The van der Waals surface area contributed by atoms with Gasteiger partial charge in [-0.1, -0.05) is 0 Å². The lowest BCUT2D eigenvalue weighted by Crippen LogP contribution is -2.38. The highest BCUT2D eigenvalue weighted by molar-refractivity contribution is 7.10. The molecular formula is C16H20N4OS. The van der Waals surface area contributed by atoms with E-state index in [1.54, 1.807) is 29.8 Å². The van der Waals surface area contributed by atoms with Gasteiger partial charge in [-0.25, -0.2) is 9.97 Å². The fraction of sp³-hybridized carbons (Fsp3) is 0.438. The lowest BCUT2D eigenvalue weighted by molar-refractivity contribution is -0.133. The molecule has 0 saturated carbocycles. The maximum Gasteiger partial charge on any atom is 0.223 e. The standard InChI is InChI=1S/C16H20N4OS/c1-12-13-6-11-22-14(13)5-10-20(12)15(21)4-2-7-17-16-18-8-3-9-19-16/h3,6,8-9,11-12H,2,4-5,7,10H2,1H3,(H,17,18,19). The molecule has 1 aliphatic rings. The van der Waals surface area contributed by atoms with E-state index in [2.05, 4.69) is 33.7 Å². The summed E-state index contributed by atoms with van der Waals surface area (Å²) in [7, 11) is 0. The minimum atomic E-state index is 0.202. The first-order chi connectivity index (χ1) is 10.8. The van der Waals surface area contributed by atoms with Crippen molar-refractivity contribution in [2.75, 3.05) is 18.4 Å². The van der Waals surface area contributed by atoms with Gasteiger partial charge < -0.3 is 10.2 Å². The summed E-state index contributed by atoms with van der Waals surface area (Å²) in [6, 6.07) is 4.14. The van der Waals surface area contributed by atoms with Gasteiger partial charge in [0.2, 0.25) is 11.9 Å². The summed E-state index contributed by atoms with van der Waals surface area (Å²) in [6.45, 7) is 3.67. The van der Waals surface area contributed by atoms with Crippen LogP contribution in [-0.4, -0.2) is 33.9 Å². The summed E-state index contributed by atoms with van der Waals surface area (Å²) in [5.74, 6) is 0.851. The predicted octanol–water partition coefficient (Wildman–Crippen LogP) is 2.88. The topological polar surface area (TPSA) is 58.1 Å². The van der Waals surface area contributed by atoms with Gasteiger partial charge in [0.15, 0.2) is 0 Å². The normalized spacial score (nSPS) is 17.1. The zero-order chi connectivity index (χ0) is 15.4. The number of aromatic nitrogens is 2. The Morgan fingerprint density at radius 1 is 1.45 bits per heavy atom. The molecule has 0 fully saturated rings. The first-order valence-corrected chi connectivity index (χ1v) is 8.50. The first kappa shape index (κ1) is 15.0. The van der Waals surface area contributed by atoms with Crippen molar-refractivity contribution in [2.45, 2.75) is 32.2 Å². The molecule has 0 aromatic carbocycles. The van der Waals surface area contributed by atoms with E-state index < -0.39 is 0 Å². The number of carbonyl (C=O) groups excluding carboxylic acids is 1. The molecule has 0 spiro atoms. The molecule has 2 aromatic rings. The van der Waals surface area contributed by atoms with Crippen molar-refractivity contribution < 1.29 is 4.79 Å². The Morgan fingerprint density at radius 3 is 3.09 bits per heavy atom. The van der Waals surface area contributed by atoms with Gasteiger partial charge in [0, 0.05) is 36.8 Å². The van der Waals surface area contributed by atoms with E-state index in [1.165, 1.54) is 10.4 Å². The fourth-order valence-electron chi connectivity index (χ4n) is 2.82. The third-order valence-corrected chi connectivity index (χ3v) is 5.01. The molecule has 6 heteroatoms. The monoisotopic (exact) mass is 316 g/mol. The van der Waals surface area contributed by atoms with Gasteiger partial charge >= 0.3 is 0 Å². The van der Waals surface area contributed by atoms with Gasteiger partial charge in [-0.15, -0.1) is 11.3 Å². The summed E-state index contributed by atoms with van der Waals surface area (Å²) >= 11 is 1.80. The molecular weight excluding hydrogens is 296 g/mol. The molecule has 22 heavy (non-hydrogen) atoms. The van der Waals surface area contributed by atoms with Crippen molar-refractivity contribution >= 4 is 23.2 Å². The molecule has 3 rings (SSSR count). The van der Waals surface area contributed by atoms with Crippen molar-refractivity contribution in [1.82, 2.24) is 14.9 Å². The molecule has 1 aliphatic heterocycles. The van der Waals surface area contributed by atoms with Crippen LogP contribution in [0, 0.1) is 0 Å².